The molecule has 1 aliphatic rings. The van der Waals surface area contributed by atoms with Crippen molar-refractivity contribution in [1.82, 2.24) is 24.9 Å². The first-order valence-electron chi connectivity index (χ1n) is 21.5. The molecule has 1 amide bonds. The molecule has 1 rings (SSSR count). The number of esters is 6. The van der Waals surface area contributed by atoms with E-state index in [2.05, 4.69) is 5.32 Å². The van der Waals surface area contributed by atoms with E-state index in [9.17, 15) is 33.6 Å². The summed E-state index contributed by atoms with van der Waals surface area (Å²) in [6, 6.07) is -2.33. The second-order valence-corrected chi connectivity index (χ2v) is 20.6. The van der Waals surface area contributed by atoms with Crippen molar-refractivity contribution in [1.29, 1.82) is 0 Å². The van der Waals surface area contributed by atoms with Crippen molar-refractivity contribution in [3.8, 4) is 0 Å². The summed E-state index contributed by atoms with van der Waals surface area (Å²) in [4.78, 5) is 100.0. The first-order chi connectivity index (χ1) is 28.1. The highest BCUT2D eigenvalue weighted by molar-refractivity contribution is 5.88. The third-order valence-corrected chi connectivity index (χ3v) is 8.57. The van der Waals surface area contributed by atoms with Crippen LogP contribution in [0.1, 0.15) is 123 Å². The topological polar surface area (TPSA) is 200 Å². The van der Waals surface area contributed by atoms with Crippen LogP contribution in [0, 0.1) is 0 Å². The van der Waals surface area contributed by atoms with Crippen LogP contribution in [0.4, 0.5) is 0 Å². The molecule has 0 bridgehead atoms. The molecule has 1 N–H and O–H groups in total. The molecule has 1 aliphatic heterocycles. The maximum Gasteiger partial charge on any atom is 0.328 e. The molecule has 18 heteroatoms. The largest absolute Gasteiger partial charge is 0.467 e. The Morgan fingerprint density at radius 1 is 0.468 bits per heavy atom. The molecule has 0 aromatic heterocycles. The summed E-state index contributed by atoms with van der Waals surface area (Å²) < 4.78 is 33.1. The zero-order chi connectivity index (χ0) is 47.9. The third-order valence-electron chi connectivity index (χ3n) is 8.57. The lowest BCUT2D eigenvalue weighted by atomic mass is 10.1. The second-order valence-electron chi connectivity index (χ2n) is 20.6. The Kier molecular flexibility index (Phi) is 22.0. The molecule has 1 fully saturated rings. The summed E-state index contributed by atoms with van der Waals surface area (Å²) >= 11 is 0. The Balaban J connectivity index is 3.65. The number of rotatable bonds is 15. The van der Waals surface area contributed by atoms with Gasteiger partial charge in [0, 0.05) is 58.8 Å². The highest BCUT2D eigenvalue weighted by Crippen LogP contribution is 2.18. The number of hydrogen-bond donors (Lipinski definition) is 1. The Bertz CT molecular complexity index is 1460. The number of amides is 1. The maximum atomic E-state index is 14.1. The van der Waals surface area contributed by atoms with Crippen LogP contribution in [0.5, 0.6) is 0 Å². The van der Waals surface area contributed by atoms with Crippen molar-refractivity contribution in [3.05, 3.63) is 0 Å². The smallest absolute Gasteiger partial charge is 0.328 e. The van der Waals surface area contributed by atoms with E-state index in [4.69, 9.17) is 28.4 Å². The van der Waals surface area contributed by atoms with Gasteiger partial charge in [0.25, 0.3) is 0 Å². The number of methoxy groups -OCH3 is 1. The molecule has 0 saturated carbocycles. The molecule has 62 heavy (non-hydrogen) atoms. The molecule has 0 aromatic rings. The number of carbonyl (C=O) groups is 7. The first-order valence-corrected chi connectivity index (χ1v) is 21.5. The molecule has 1 heterocycles. The van der Waals surface area contributed by atoms with Crippen LogP contribution in [-0.2, 0) is 62.0 Å². The van der Waals surface area contributed by atoms with Crippen LogP contribution in [0.2, 0.25) is 0 Å². The molecule has 0 unspecified atom stereocenters. The van der Waals surface area contributed by atoms with Crippen molar-refractivity contribution in [3.63, 3.8) is 0 Å². The minimum Gasteiger partial charge on any atom is -0.467 e. The zero-order valence-electron chi connectivity index (χ0n) is 40.7. The minimum absolute atomic E-state index is 0.0264. The van der Waals surface area contributed by atoms with Crippen LogP contribution in [0.15, 0.2) is 0 Å². The first kappa shape index (κ1) is 56.1. The molecule has 2 atom stereocenters. The van der Waals surface area contributed by atoms with Gasteiger partial charge in [-0.25, -0.2) is 4.79 Å². The SMILES string of the molecule is COC(=O)[C@H](CC(=O)OC(C)(C)C)NC(=O)CC[C@H](C(=O)OC(C)(C)C)N1CCN(CC(=O)OC(C)(C)C)CCN(CC(=O)OC(C)(C)C)CCN(CC(=O)OC(C)(C)C)CC1. The van der Waals surface area contributed by atoms with Gasteiger partial charge in [0.05, 0.1) is 33.2 Å². The lowest BCUT2D eigenvalue weighted by Crippen LogP contribution is -2.53. The summed E-state index contributed by atoms with van der Waals surface area (Å²) in [6.45, 7) is 28.4. The predicted molar refractivity (Wildman–Crippen MR) is 232 cm³/mol. The molecule has 0 radical (unpaired) electrons. The van der Waals surface area contributed by atoms with Gasteiger partial charge in [0.2, 0.25) is 5.91 Å². The number of nitrogens with one attached hydrogen (secondary N) is 1. The summed E-state index contributed by atoms with van der Waals surface area (Å²) in [7, 11) is 1.14. The molecule has 1 saturated heterocycles. The lowest BCUT2D eigenvalue weighted by molar-refractivity contribution is -0.163. The van der Waals surface area contributed by atoms with Crippen molar-refractivity contribution in [2.45, 2.75) is 163 Å². The fraction of sp³-hybridized carbons (Fsp3) is 0.841. The van der Waals surface area contributed by atoms with Crippen molar-refractivity contribution in [2.75, 3.05) is 79.1 Å². The van der Waals surface area contributed by atoms with Crippen LogP contribution in [0.25, 0.3) is 0 Å². The van der Waals surface area contributed by atoms with Crippen molar-refractivity contribution >= 4 is 41.7 Å². The molecular formula is C44H79N5O13. The van der Waals surface area contributed by atoms with Crippen molar-refractivity contribution in [2.24, 2.45) is 0 Å². The standard InChI is InChI=1S/C44H79N5O13/c1-40(2,3)58-34(51)27-31(38(55)57-16)45-33(50)18-17-32(39(56)62-44(13,14)15)49-25-23-47(29-36(53)60-42(7,8)9)21-19-46(28-35(52)59-41(4,5)6)20-22-48(24-26-49)30-37(54)61-43(10,11)12/h31-32H,17-30H2,1-16H3,(H,45,50)/t31-,32+/m0/s1. The van der Waals surface area contributed by atoms with Crippen LogP contribution >= 0.6 is 0 Å². The van der Waals surface area contributed by atoms with Crippen LogP contribution in [-0.4, -0.2) is 181 Å². The van der Waals surface area contributed by atoms with E-state index in [-0.39, 0.29) is 58.7 Å². The summed E-state index contributed by atoms with van der Waals surface area (Å²) in [5.41, 5.74) is -3.89. The van der Waals surface area contributed by atoms with Crippen LogP contribution in [0.3, 0.4) is 0 Å². The highest BCUT2D eigenvalue weighted by Gasteiger charge is 2.34. The van der Waals surface area contributed by atoms with Gasteiger partial charge in [-0.05, 0) is 110 Å². The van der Waals surface area contributed by atoms with Gasteiger partial charge in [-0.15, -0.1) is 0 Å². The number of ether oxygens (including phenoxy) is 6. The average Bonchev–Trinajstić information content (AvgIpc) is 3.04. The van der Waals surface area contributed by atoms with E-state index in [0.717, 1.165) is 7.11 Å². The Morgan fingerprint density at radius 2 is 0.790 bits per heavy atom. The monoisotopic (exact) mass is 886 g/mol. The Morgan fingerprint density at radius 3 is 1.11 bits per heavy atom. The fourth-order valence-corrected chi connectivity index (χ4v) is 6.25. The third kappa shape index (κ3) is 26.6. The van der Waals surface area contributed by atoms with Gasteiger partial charge in [0.15, 0.2) is 0 Å². The summed E-state index contributed by atoms with van der Waals surface area (Å²) in [5, 5.41) is 2.57. The molecule has 358 valence electrons. The van der Waals surface area contributed by atoms with E-state index in [1.807, 2.05) is 19.6 Å². The van der Waals surface area contributed by atoms with E-state index in [0.29, 0.717) is 26.2 Å². The number of carbonyl (C=O) groups excluding carboxylic acids is 7. The molecule has 0 spiro atoms. The van der Waals surface area contributed by atoms with E-state index < -0.39 is 88.2 Å². The molecule has 0 aliphatic carbocycles. The summed E-state index contributed by atoms with van der Waals surface area (Å²) in [5.74, 6) is -4.09. The zero-order valence-corrected chi connectivity index (χ0v) is 40.7. The fourth-order valence-electron chi connectivity index (χ4n) is 6.25. The molecule has 0 aromatic carbocycles. The van der Waals surface area contributed by atoms with Gasteiger partial charge < -0.3 is 33.7 Å². The van der Waals surface area contributed by atoms with Gasteiger partial charge in [-0.1, -0.05) is 0 Å². The Labute approximate surface area is 370 Å². The average molecular weight is 886 g/mol. The van der Waals surface area contributed by atoms with Gasteiger partial charge in [0.1, 0.15) is 40.1 Å². The van der Waals surface area contributed by atoms with Gasteiger partial charge in [-0.3, -0.25) is 48.4 Å². The van der Waals surface area contributed by atoms with Gasteiger partial charge >= 0.3 is 35.8 Å². The number of hydrogen-bond acceptors (Lipinski definition) is 17. The van der Waals surface area contributed by atoms with E-state index in [1.165, 1.54) is 0 Å². The lowest BCUT2D eigenvalue weighted by Gasteiger charge is -2.37. The second kappa shape index (κ2) is 24.3. The normalized spacial score (nSPS) is 17.3. The van der Waals surface area contributed by atoms with Crippen molar-refractivity contribution < 1.29 is 62.0 Å². The summed E-state index contributed by atoms with van der Waals surface area (Å²) in [6.07, 6.45) is -0.762. The van der Waals surface area contributed by atoms with Crippen LogP contribution < -0.4 is 5.32 Å². The maximum absolute atomic E-state index is 14.1. The Hall–Kier alpha value is -3.87. The van der Waals surface area contributed by atoms with Gasteiger partial charge in [-0.2, -0.15) is 0 Å². The molecular weight excluding hydrogens is 807 g/mol. The van der Waals surface area contributed by atoms with E-state index in [1.54, 1.807) is 104 Å². The number of nitrogens with zero attached hydrogens (tertiary/aromatic N) is 4. The van der Waals surface area contributed by atoms with E-state index >= 15 is 0 Å². The molecule has 18 nitrogen and oxygen atoms in total. The quantitative estimate of drug-likeness (QED) is 0.186. The predicted octanol–water partition coefficient (Wildman–Crippen LogP) is 3.11. The minimum atomic E-state index is -1.33. The highest BCUT2D eigenvalue weighted by atomic mass is 16.6.